The smallest absolute Gasteiger partial charge is 0.306 e. The quantitative estimate of drug-likeness (QED) is 0.0261. The minimum Gasteiger partial charge on any atom is -0.462 e. The highest BCUT2D eigenvalue weighted by Gasteiger charge is 2.19. The zero-order valence-electron chi connectivity index (χ0n) is 53.8. The van der Waals surface area contributed by atoms with E-state index >= 15 is 0 Å². The Morgan fingerprint density at radius 1 is 0.259 bits per heavy atom. The van der Waals surface area contributed by atoms with Crippen molar-refractivity contribution >= 4 is 17.9 Å². The van der Waals surface area contributed by atoms with Crippen molar-refractivity contribution in [3.05, 3.63) is 85.1 Å². The molecule has 1 unspecified atom stereocenters. The zero-order valence-corrected chi connectivity index (χ0v) is 53.8. The Balaban J connectivity index is 4.34. The van der Waals surface area contributed by atoms with Crippen LogP contribution in [0.2, 0.25) is 0 Å². The van der Waals surface area contributed by atoms with E-state index in [1.54, 1.807) is 0 Å². The van der Waals surface area contributed by atoms with Gasteiger partial charge in [0.25, 0.3) is 0 Å². The Bertz CT molecular complexity index is 1530. The first-order chi connectivity index (χ1) is 40.0. The number of esters is 3. The Morgan fingerprint density at radius 2 is 0.481 bits per heavy atom. The summed E-state index contributed by atoms with van der Waals surface area (Å²) < 4.78 is 16.9. The lowest BCUT2D eigenvalue weighted by molar-refractivity contribution is -0.167. The summed E-state index contributed by atoms with van der Waals surface area (Å²) in [5.41, 5.74) is 0. The second-order valence-electron chi connectivity index (χ2n) is 23.4. The normalized spacial score (nSPS) is 12.6. The standard InChI is InChI=1S/C75H132O6/c1-4-7-10-13-16-19-22-25-28-30-32-34-35-36-37-38-39-41-42-44-47-50-53-56-59-62-65-68-74(77)80-71-72(70-79-73(76)67-64-61-58-55-52-49-46-27-24-21-18-15-12-9-6-3)81-75(78)69-66-63-60-57-54-51-48-45-43-40-33-31-29-26-23-20-17-14-11-8-5-2/h8,11,17,20,26,29-30,32-33,40,45,48,54,57,72H,4-7,9-10,12-16,18-19,21-25,27-28,31,34-39,41-44,46-47,49-53,55-56,58-71H2,1-3H3/b11-8-,20-17-,29-26-,32-30-,40-33-,48-45-,57-54-. The van der Waals surface area contributed by atoms with Crippen molar-refractivity contribution < 1.29 is 28.6 Å². The SMILES string of the molecule is CC/C=C\C/C=C\C/C=C\C/C=C\C/C=C\C/C=C\CCCCC(=O)OC(COC(=O)CCCCCCCCCCCCCCCCC)COC(=O)CCCCCCCCCCCCCCCCC/C=C\CCCCCCCCCC. The van der Waals surface area contributed by atoms with Gasteiger partial charge >= 0.3 is 17.9 Å². The molecule has 0 radical (unpaired) electrons. The van der Waals surface area contributed by atoms with Crippen LogP contribution in [0.4, 0.5) is 0 Å². The van der Waals surface area contributed by atoms with Gasteiger partial charge in [0.1, 0.15) is 13.2 Å². The average Bonchev–Trinajstić information content (AvgIpc) is 3.47. The van der Waals surface area contributed by atoms with E-state index in [0.29, 0.717) is 19.3 Å². The number of hydrogen-bond donors (Lipinski definition) is 0. The molecule has 1 atom stereocenters. The number of rotatable bonds is 64. The van der Waals surface area contributed by atoms with Gasteiger partial charge in [0.2, 0.25) is 0 Å². The molecule has 0 aromatic rings. The van der Waals surface area contributed by atoms with Crippen molar-refractivity contribution in [2.75, 3.05) is 13.2 Å². The Kier molecular flexibility index (Phi) is 66.2. The molecule has 0 bridgehead atoms. The molecule has 0 fully saturated rings. The maximum Gasteiger partial charge on any atom is 0.306 e. The Hall–Kier alpha value is -3.41. The van der Waals surface area contributed by atoms with E-state index in [0.717, 1.165) is 89.9 Å². The van der Waals surface area contributed by atoms with Crippen molar-refractivity contribution in [1.29, 1.82) is 0 Å². The predicted molar refractivity (Wildman–Crippen MR) is 353 cm³/mol. The van der Waals surface area contributed by atoms with Gasteiger partial charge in [-0.05, 0) is 96.3 Å². The van der Waals surface area contributed by atoms with Crippen LogP contribution >= 0.6 is 0 Å². The van der Waals surface area contributed by atoms with E-state index in [1.807, 2.05) is 0 Å². The van der Waals surface area contributed by atoms with Gasteiger partial charge in [0, 0.05) is 19.3 Å². The summed E-state index contributed by atoms with van der Waals surface area (Å²) in [4.78, 5) is 38.4. The fraction of sp³-hybridized carbons (Fsp3) is 0.773. The van der Waals surface area contributed by atoms with E-state index in [4.69, 9.17) is 14.2 Å². The van der Waals surface area contributed by atoms with Gasteiger partial charge in [-0.1, -0.05) is 324 Å². The molecule has 0 saturated carbocycles. The highest BCUT2D eigenvalue weighted by atomic mass is 16.6. The fourth-order valence-electron chi connectivity index (χ4n) is 10.2. The molecule has 0 aromatic carbocycles. The second-order valence-corrected chi connectivity index (χ2v) is 23.4. The summed E-state index contributed by atoms with van der Waals surface area (Å²) in [6.45, 7) is 6.54. The van der Waals surface area contributed by atoms with Crippen LogP contribution in [-0.4, -0.2) is 37.2 Å². The monoisotopic (exact) mass is 1130 g/mol. The van der Waals surface area contributed by atoms with Crippen LogP contribution < -0.4 is 0 Å². The molecule has 0 saturated heterocycles. The van der Waals surface area contributed by atoms with Gasteiger partial charge < -0.3 is 14.2 Å². The zero-order chi connectivity index (χ0) is 58.5. The number of allylic oxidation sites excluding steroid dienone is 14. The highest BCUT2D eigenvalue weighted by molar-refractivity contribution is 5.71. The summed E-state index contributed by atoms with van der Waals surface area (Å²) in [5, 5.41) is 0. The van der Waals surface area contributed by atoms with E-state index in [-0.39, 0.29) is 37.5 Å². The maximum absolute atomic E-state index is 12.9. The van der Waals surface area contributed by atoms with Crippen LogP contribution in [0.25, 0.3) is 0 Å². The molecule has 0 aliphatic carbocycles. The molecule has 0 N–H and O–H groups in total. The van der Waals surface area contributed by atoms with Gasteiger partial charge in [-0.2, -0.15) is 0 Å². The summed E-state index contributed by atoms with van der Waals surface area (Å²) in [6, 6.07) is 0. The third-order valence-electron chi connectivity index (χ3n) is 15.4. The lowest BCUT2D eigenvalue weighted by atomic mass is 10.0. The third-order valence-corrected chi connectivity index (χ3v) is 15.4. The first kappa shape index (κ1) is 77.6. The van der Waals surface area contributed by atoms with Crippen molar-refractivity contribution in [3.63, 3.8) is 0 Å². The molecule has 0 aliphatic rings. The van der Waals surface area contributed by atoms with Crippen LogP contribution in [0.5, 0.6) is 0 Å². The first-order valence-electron chi connectivity index (χ1n) is 35.1. The van der Waals surface area contributed by atoms with Crippen LogP contribution in [0.15, 0.2) is 85.1 Å². The average molecular weight is 1130 g/mol. The van der Waals surface area contributed by atoms with Gasteiger partial charge in [-0.3, -0.25) is 14.4 Å². The number of carbonyl (C=O) groups excluding carboxylic acids is 3. The van der Waals surface area contributed by atoms with E-state index in [9.17, 15) is 14.4 Å². The Labute approximate surface area is 503 Å². The van der Waals surface area contributed by atoms with Crippen molar-refractivity contribution in [1.82, 2.24) is 0 Å². The molecule has 6 nitrogen and oxygen atoms in total. The maximum atomic E-state index is 12.9. The Morgan fingerprint density at radius 3 is 0.790 bits per heavy atom. The summed E-state index contributed by atoms with van der Waals surface area (Å²) in [6.07, 6.45) is 91.8. The highest BCUT2D eigenvalue weighted by Crippen LogP contribution is 2.18. The molecular formula is C75H132O6. The third kappa shape index (κ3) is 67.3. The van der Waals surface area contributed by atoms with Crippen molar-refractivity contribution in [3.8, 4) is 0 Å². The number of hydrogen-bond acceptors (Lipinski definition) is 6. The van der Waals surface area contributed by atoms with Gasteiger partial charge in [-0.15, -0.1) is 0 Å². The van der Waals surface area contributed by atoms with E-state index in [2.05, 4.69) is 106 Å². The molecule has 81 heavy (non-hydrogen) atoms. The fourth-order valence-corrected chi connectivity index (χ4v) is 10.2. The minimum absolute atomic E-state index is 0.0904. The van der Waals surface area contributed by atoms with Crippen LogP contribution in [-0.2, 0) is 28.6 Å². The number of carbonyl (C=O) groups is 3. The minimum atomic E-state index is -0.800. The lowest BCUT2D eigenvalue weighted by Crippen LogP contribution is -2.30. The molecule has 468 valence electrons. The molecule has 0 heterocycles. The van der Waals surface area contributed by atoms with Crippen LogP contribution in [0.1, 0.15) is 355 Å². The summed E-state index contributed by atoms with van der Waals surface area (Å²) >= 11 is 0. The van der Waals surface area contributed by atoms with Crippen molar-refractivity contribution in [2.45, 2.75) is 361 Å². The molecule has 0 amide bonds. The van der Waals surface area contributed by atoms with Crippen LogP contribution in [0.3, 0.4) is 0 Å². The molecule has 0 aromatic heterocycles. The van der Waals surface area contributed by atoms with Gasteiger partial charge in [0.15, 0.2) is 6.10 Å². The summed E-state index contributed by atoms with van der Waals surface area (Å²) in [7, 11) is 0. The van der Waals surface area contributed by atoms with Gasteiger partial charge in [-0.25, -0.2) is 0 Å². The molecule has 0 rings (SSSR count). The number of ether oxygens (including phenoxy) is 3. The molecular weight excluding hydrogens is 997 g/mol. The first-order valence-corrected chi connectivity index (χ1v) is 35.1. The molecule has 0 aliphatic heterocycles. The van der Waals surface area contributed by atoms with E-state index in [1.165, 1.54) is 218 Å². The van der Waals surface area contributed by atoms with E-state index < -0.39 is 6.10 Å². The molecule has 0 spiro atoms. The van der Waals surface area contributed by atoms with Crippen molar-refractivity contribution in [2.24, 2.45) is 0 Å². The second kappa shape index (κ2) is 69.1. The molecule has 6 heteroatoms. The summed E-state index contributed by atoms with van der Waals surface area (Å²) in [5.74, 6) is -0.915. The topological polar surface area (TPSA) is 78.9 Å². The lowest BCUT2D eigenvalue weighted by Gasteiger charge is -2.18. The van der Waals surface area contributed by atoms with Gasteiger partial charge in [0.05, 0.1) is 0 Å². The predicted octanol–water partition coefficient (Wildman–Crippen LogP) is 24.2. The largest absolute Gasteiger partial charge is 0.462 e. The number of unbranched alkanes of at least 4 members (excludes halogenated alkanes) is 39. The van der Waals surface area contributed by atoms with Crippen LogP contribution in [0, 0.1) is 0 Å².